The zero-order valence-corrected chi connectivity index (χ0v) is 50.1. The van der Waals surface area contributed by atoms with Gasteiger partial charge < -0.3 is 100 Å². The minimum absolute atomic E-state index is 0.00296. The highest BCUT2D eigenvalue weighted by Crippen LogP contribution is 2.48. The van der Waals surface area contributed by atoms with Crippen LogP contribution < -0.4 is 26.6 Å². The summed E-state index contributed by atoms with van der Waals surface area (Å²) in [6.45, 7) is 10.8. The van der Waals surface area contributed by atoms with Crippen molar-refractivity contribution in [3.05, 3.63) is 29.3 Å². The number of rotatable bonds is 40. The van der Waals surface area contributed by atoms with Crippen LogP contribution in [-0.4, -0.2) is 243 Å². The van der Waals surface area contributed by atoms with E-state index >= 15 is 0 Å². The van der Waals surface area contributed by atoms with Gasteiger partial charge in [-0.1, -0.05) is 46.5 Å². The fraction of sp³-hybridized carbons (Fsp3) is 0.776. The largest absolute Gasteiger partial charge is 0.396 e. The van der Waals surface area contributed by atoms with E-state index in [1.54, 1.807) is 0 Å². The lowest BCUT2D eigenvalue weighted by Crippen LogP contribution is -2.64. The number of hydrogen-bond donors (Lipinski definition) is 12. The molecule has 0 bridgehead atoms. The monoisotopic (exact) mass is 1210 g/mol. The second-order valence-corrected chi connectivity index (χ2v) is 22.6. The van der Waals surface area contributed by atoms with Crippen LogP contribution in [-0.2, 0) is 57.1 Å². The summed E-state index contributed by atoms with van der Waals surface area (Å²) in [4.78, 5) is 91.0. The van der Waals surface area contributed by atoms with E-state index in [1.165, 1.54) is 32.0 Å². The first kappa shape index (κ1) is 72.6. The fourth-order valence-electron chi connectivity index (χ4n) is 10.5. The van der Waals surface area contributed by atoms with E-state index in [4.69, 9.17) is 33.2 Å². The quantitative estimate of drug-likeness (QED) is 0.0366. The number of aliphatic hydroxyl groups is 7. The molecule has 3 fully saturated rings. The van der Waals surface area contributed by atoms with Gasteiger partial charge in [0.25, 0.3) is 11.8 Å². The summed E-state index contributed by atoms with van der Waals surface area (Å²) in [5, 5.41) is 83.7. The number of ether oxygens (including phenoxy) is 7. The van der Waals surface area contributed by atoms with Crippen molar-refractivity contribution >= 4 is 46.9 Å². The van der Waals surface area contributed by atoms with Gasteiger partial charge in [-0.3, -0.25) is 33.6 Å². The molecule has 1 aliphatic carbocycles. The molecule has 27 heteroatoms. The SMILES string of the molecule is CCC1(C)CN(C(=O)CCCCCCCCC(=O)CCC(=O)Nc2cc(C(=O)NCCOCCOCCOC3O[C@H](O)[C@H](O)[C@H](O)[C@H]3NC(C)=O)cc(C(=O)NCCOCCOCCOC3C[C@H](CO)[C@H](O)[C@H](O)[C@H]3NC(C)=O)c2)CC1(C)CO. The number of ketones is 1. The Balaban J connectivity index is 1.18. The molecule has 27 nitrogen and oxygen atoms in total. The van der Waals surface area contributed by atoms with Gasteiger partial charge in [-0.25, -0.2) is 0 Å². The molecule has 0 spiro atoms. The minimum atomic E-state index is -1.73. The van der Waals surface area contributed by atoms with Crippen molar-refractivity contribution in [1.82, 2.24) is 26.2 Å². The van der Waals surface area contributed by atoms with Crippen LogP contribution in [0.1, 0.15) is 132 Å². The van der Waals surface area contributed by atoms with Crippen molar-refractivity contribution in [2.45, 2.75) is 167 Å². The van der Waals surface area contributed by atoms with Gasteiger partial charge in [0.2, 0.25) is 23.6 Å². The molecule has 0 aromatic heterocycles. The van der Waals surface area contributed by atoms with Crippen molar-refractivity contribution < 1.29 is 102 Å². The summed E-state index contributed by atoms with van der Waals surface area (Å²) in [7, 11) is 0. The van der Waals surface area contributed by atoms with E-state index in [1.807, 2.05) is 4.90 Å². The average molecular weight is 1210 g/mol. The maximum absolute atomic E-state index is 13.4. The summed E-state index contributed by atoms with van der Waals surface area (Å²) in [6.07, 6.45) is -2.61. The standard InChI is InChI=1S/C58H96N6O21/c1-6-57(4)34-64(35-58(57,5)36-66)46(71)14-12-10-8-7-9-11-13-43(69)15-16-45(70)63-42-30-39(53(76)59-17-19-79-21-23-81-25-27-83-44-32-41(33-65)49(72)50(73)47(44)61-37(2)67)29-40(31-42)54(77)60-18-20-80-22-24-82-26-28-84-56-48(62-38(3)68)51(74)52(75)55(78)85-56/h29-31,41,44,47-52,55-56,65-66,72-75,78H,6-28,32-36H2,1-5H3,(H,59,76)(H,60,77)(H,61,67)(H,62,68)(H,63,70)/t41-,44?,47+,48-,49+,50-,51-,52-,55+,56?,57?,58?/m1/s1. The molecule has 1 aromatic carbocycles. The average Bonchev–Trinajstić information content (AvgIpc) is 4.05. The lowest BCUT2D eigenvalue weighted by Gasteiger charge is -2.42. The normalized spacial score (nSPS) is 26.6. The summed E-state index contributed by atoms with van der Waals surface area (Å²) in [6, 6.07) is 2.17. The molecule has 4 unspecified atom stereocenters. The summed E-state index contributed by atoms with van der Waals surface area (Å²) < 4.78 is 38.8. The van der Waals surface area contributed by atoms with E-state index in [2.05, 4.69) is 47.4 Å². The molecule has 12 N–H and O–H groups in total. The Kier molecular flexibility index (Phi) is 32.3. The maximum atomic E-state index is 13.4. The number of Topliss-reactive ketones (excluding diaryl/α,β-unsaturated/α-hetero) is 1. The number of anilines is 1. The van der Waals surface area contributed by atoms with Gasteiger partial charge in [0.05, 0.1) is 90.9 Å². The molecule has 1 aromatic rings. The summed E-state index contributed by atoms with van der Waals surface area (Å²) >= 11 is 0. The lowest BCUT2D eigenvalue weighted by molar-refractivity contribution is -0.316. The highest BCUT2D eigenvalue weighted by molar-refractivity contribution is 6.03. The van der Waals surface area contributed by atoms with Gasteiger partial charge in [0.1, 0.15) is 30.1 Å². The molecule has 2 heterocycles. The Morgan fingerprint density at radius 1 is 0.600 bits per heavy atom. The van der Waals surface area contributed by atoms with Gasteiger partial charge in [-0.2, -0.15) is 0 Å². The third-order valence-electron chi connectivity index (χ3n) is 16.1. The van der Waals surface area contributed by atoms with Crippen molar-refractivity contribution in [1.29, 1.82) is 0 Å². The van der Waals surface area contributed by atoms with E-state index in [-0.39, 0.29) is 151 Å². The first-order chi connectivity index (χ1) is 40.6. The molecular weight excluding hydrogens is 1120 g/mol. The molecular formula is C58H96N6O21. The second kappa shape index (κ2) is 37.8. The van der Waals surface area contributed by atoms with Crippen molar-refractivity contribution in [2.24, 2.45) is 16.7 Å². The van der Waals surface area contributed by atoms with E-state index in [9.17, 15) is 69.3 Å². The van der Waals surface area contributed by atoms with E-state index in [0.717, 1.165) is 38.5 Å². The maximum Gasteiger partial charge on any atom is 0.251 e. The molecule has 6 amide bonds. The van der Waals surface area contributed by atoms with Crippen LogP contribution in [0.15, 0.2) is 18.2 Å². The Morgan fingerprint density at radius 2 is 1.11 bits per heavy atom. The highest BCUT2D eigenvalue weighted by Gasteiger charge is 2.51. The van der Waals surface area contributed by atoms with E-state index < -0.39 is 90.6 Å². The molecule has 484 valence electrons. The molecule has 3 aliphatic rings. The van der Waals surface area contributed by atoms with Gasteiger partial charge >= 0.3 is 0 Å². The number of nitrogens with zero attached hydrogens (tertiary/aromatic N) is 1. The van der Waals surface area contributed by atoms with Gasteiger partial charge in [0, 0.05) is 100 Å². The first-order valence-corrected chi connectivity index (χ1v) is 29.7. The fourth-order valence-corrected chi connectivity index (χ4v) is 10.5. The third-order valence-corrected chi connectivity index (χ3v) is 16.1. The van der Waals surface area contributed by atoms with Crippen LogP contribution in [0.25, 0.3) is 0 Å². The number of nitrogens with one attached hydrogen (secondary N) is 5. The first-order valence-electron chi connectivity index (χ1n) is 29.7. The van der Waals surface area contributed by atoms with Gasteiger partial charge in [0.15, 0.2) is 12.6 Å². The highest BCUT2D eigenvalue weighted by atomic mass is 16.7. The van der Waals surface area contributed by atoms with Crippen LogP contribution >= 0.6 is 0 Å². The number of likely N-dealkylation sites (tertiary alicyclic amines) is 1. The second-order valence-electron chi connectivity index (χ2n) is 22.6. The van der Waals surface area contributed by atoms with Crippen molar-refractivity contribution in [3.63, 3.8) is 0 Å². The van der Waals surface area contributed by atoms with Crippen LogP contribution in [0.3, 0.4) is 0 Å². The van der Waals surface area contributed by atoms with Crippen molar-refractivity contribution in [3.8, 4) is 0 Å². The minimum Gasteiger partial charge on any atom is -0.396 e. The Hall–Kier alpha value is -4.85. The number of aliphatic hydroxyl groups excluding tert-OH is 7. The molecule has 2 aliphatic heterocycles. The van der Waals surface area contributed by atoms with Gasteiger partial charge in [-0.05, 0) is 49.3 Å². The number of benzene rings is 1. The number of amides is 6. The zero-order chi connectivity index (χ0) is 62.5. The zero-order valence-electron chi connectivity index (χ0n) is 50.1. The smallest absolute Gasteiger partial charge is 0.251 e. The molecule has 85 heavy (non-hydrogen) atoms. The topological polar surface area (TPSA) is 389 Å². The van der Waals surface area contributed by atoms with E-state index in [0.29, 0.717) is 32.4 Å². The van der Waals surface area contributed by atoms with Crippen LogP contribution in [0, 0.1) is 16.7 Å². The van der Waals surface area contributed by atoms with Gasteiger partial charge in [-0.15, -0.1) is 0 Å². The predicted octanol–water partition coefficient (Wildman–Crippen LogP) is -0.580. The number of carbonyl (C=O) groups is 7. The number of carbonyl (C=O) groups excluding carboxylic acids is 7. The van der Waals surface area contributed by atoms with Crippen LogP contribution in [0.2, 0.25) is 0 Å². The predicted molar refractivity (Wildman–Crippen MR) is 305 cm³/mol. The Morgan fingerprint density at radius 3 is 1.65 bits per heavy atom. The summed E-state index contributed by atoms with van der Waals surface area (Å²) in [5.74, 6) is -3.12. The molecule has 0 radical (unpaired) electrons. The molecule has 2 saturated heterocycles. The third kappa shape index (κ3) is 24.0. The Bertz CT molecular complexity index is 2230. The molecule has 12 atom stereocenters. The van der Waals surface area contributed by atoms with Crippen LogP contribution in [0.5, 0.6) is 0 Å². The number of unbranched alkanes of at least 4 members (excludes halogenated alkanes) is 5. The Labute approximate surface area is 497 Å². The number of hydrogen-bond acceptors (Lipinski definition) is 21. The molecule has 1 saturated carbocycles. The lowest BCUT2D eigenvalue weighted by atomic mass is 9.67. The molecule has 4 rings (SSSR count). The van der Waals surface area contributed by atoms with Crippen molar-refractivity contribution in [2.75, 3.05) is 111 Å². The summed E-state index contributed by atoms with van der Waals surface area (Å²) in [5.41, 5.74) is -0.171. The van der Waals surface area contributed by atoms with Crippen LogP contribution in [0.4, 0.5) is 5.69 Å².